The Hall–Kier alpha value is -3.84. The fraction of sp³-hybridized carbons (Fsp3) is 0.448. The predicted octanol–water partition coefficient (Wildman–Crippen LogP) is 2.31. The first-order valence-corrected chi connectivity index (χ1v) is 13.2. The van der Waals surface area contributed by atoms with Crippen LogP contribution in [-0.2, 0) is 20.0 Å². The fourth-order valence-electron chi connectivity index (χ4n) is 7.01. The quantitative estimate of drug-likeness (QED) is 0.544. The van der Waals surface area contributed by atoms with Gasteiger partial charge in [-0.25, -0.2) is 8.78 Å². The molecule has 0 spiro atoms. The maximum Gasteiger partial charge on any atom is 0.264 e. The molecule has 6 rings (SSSR count). The van der Waals surface area contributed by atoms with Gasteiger partial charge in [-0.1, -0.05) is 48.5 Å². The van der Waals surface area contributed by atoms with Gasteiger partial charge in [0.05, 0.1) is 6.07 Å². The Morgan fingerprint density at radius 1 is 1.13 bits per heavy atom. The number of hydrogen-bond donors (Lipinski definition) is 3. The van der Waals surface area contributed by atoms with Gasteiger partial charge >= 0.3 is 0 Å². The highest BCUT2D eigenvalue weighted by atomic mass is 19.3. The van der Waals surface area contributed by atoms with Crippen LogP contribution in [0.1, 0.15) is 36.8 Å². The van der Waals surface area contributed by atoms with Gasteiger partial charge < -0.3 is 20.6 Å². The van der Waals surface area contributed by atoms with Crippen LogP contribution in [0.15, 0.2) is 48.5 Å². The number of alkyl halides is 2. The topological polar surface area (TPSA) is 123 Å². The van der Waals surface area contributed by atoms with Gasteiger partial charge in [-0.15, -0.1) is 0 Å². The number of rotatable bonds is 5. The number of benzene rings is 2. The molecule has 0 radical (unpaired) electrons. The molecule has 4 aliphatic rings. The van der Waals surface area contributed by atoms with Crippen molar-refractivity contribution in [2.75, 3.05) is 13.1 Å². The van der Waals surface area contributed by atoms with Gasteiger partial charge in [0.15, 0.2) is 5.60 Å². The van der Waals surface area contributed by atoms with E-state index in [1.807, 2.05) is 6.07 Å². The SMILES string of the molecule is N#C[C@H](C[C@@H]1CCNC1=O)NC(=O)[C@H]1[C@H]2CCC(F)(F)[C@H]2CN1C(=O)C1(O)c2ccccc2-c2ccccc21. The predicted molar refractivity (Wildman–Crippen MR) is 135 cm³/mol. The van der Waals surface area contributed by atoms with Crippen molar-refractivity contribution >= 4 is 17.7 Å². The number of likely N-dealkylation sites (tertiary alicyclic amines) is 1. The third kappa shape index (κ3) is 3.82. The Morgan fingerprint density at radius 2 is 1.77 bits per heavy atom. The maximum atomic E-state index is 14.9. The summed E-state index contributed by atoms with van der Waals surface area (Å²) in [5.74, 6) is -7.33. The van der Waals surface area contributed by atoms with Crippen LogP contribution in [0, 0.1) is 29.1 Å². The molecule has 2 heterocycles. The monoisotopic (exact) mass is 534 g/mol. The zero-order valence-electron chi connectivity index (χ0n) is 21.1. The molecule has 2 aromatic rings. The van der Waals surface area contributed by atoms with Crippen molar-refractivity contribution in [3.63, 3.8) is 0 Å². The highest BCUT2D eigenvalue weighted by Crippen LogP contribution is 2.54. The van der Waals surface area contributed by atoms with E-state index < -0.39 is 59.6 Å². The average molecular weight is 535 g/mol. The smallest absolute Gasteiger partial charge is 0.264 e. The summed E-state index contributed by atoms with van der Waals surface area (Å²) in [4.78, 5) is 41.0. The molecule has 2 aromatic carbocycles. The van der Waals surface area contributed by atoms with Crippen LogP contribution >= 0.6 is 0 Å². The second-order valence-electron chi connectivity index (χ2n) is 11.0. The number of nitrogens with one attached hydrogen (secondary N) is 2. The molecule has 3 fully saturated rings. The lowest BCUT2D eigenvalue weighted by molar-refractivity contribution is -0.153. The number of carbonyl (C=O) groups is 3. The molecule has 3 N–H and O–H groups in total. The Kier molecular flexibility index (Phi) is 5.95. The van der Waals surface area contributed by atoms with Gasteiger partial charge in [-0.05, 0) is 36.3 Å². The fourth-order valence-corrected chi connectivity index (χ4v) is 7.01. The number of halogens is 2. The largest absolute Gasteiger partial charge is 0.372 e. The number of amides is 3. The van der Waals surface area contributed by atoms with Gasteiger partial charge in [0.2, 0.25) is 11.8 Å². The van der Waals surface area contributed by atoms with Crippen LogP contribution in [0.5, 0.6) is 0 Å². The van der Waals surface area contributed by atoms with E-state index in [1.54, 1.807) is 48.5 Å². The molecule has 10 heteroatoms. The number of aliphatic hydroxyl groups is 1. The Balaban J connectivity index is 1.35. The molecule has 39 heavy (non-hydrogen) atoms. The third-order valence-corrected chi connectivity index (χ3v) is 8.92. The zero-order chi connectivity index (χ0) is 27.5. The molecule has 2 aliphatic carbocycles. The van der Waals surface area contributed by atoms with Crippen molar-refractivity contribution in [1.82, 2.24) is 15.5 Å². The van der Waals surface area contributed by atoms with Crippen molar-refractivity contribution in [1.29, 1.82) is 5.26 Å². The van der Waals surface area contributed by atoms with Gasteiger partial charge in [-0.2, -0.15) is 5.26 Å². The summed E-state index contributed by atoms with van der Waals surface area (Å²) < 4.78 is 29.9. The van der Waals surface area contributed by atoms with Crippen molar-refractivity contribution < 1.29 is 28.3 Å². The van der Waals surface area contributed by atoms with Crippen molar-refractivity contribution in [3.8, 4) is 17.2 Å². The Labute approximate surface area is 224 Å². The third-order valence-electron chi connectivity index (χ3n) is 8.92. The van der Waals surface area contributed by atoms with E-state index >= 15 is 0 Å². The van der Waals surface area contributed by atoms with E-state index in [4.69, 9.17) is 0 Å². The van der Waals surface area contributed by atoms with Crippen molar-refractivity contribution in [2.45, 2.75) is 49.3 Å². The van der Waals surface area contributed by atoms with Gasteiger partial charge in [-0.3, -0.25) is 14.4 Å². The molecular weight excluding hydrogens is 506 g/mol. The normalized spacial score (nSPS) is 28.2. The molecular formula is C29H28F2N4O4. The Bertz CT molecular complexity index is 1360. The second-order valence-corrected chi connectivity index (χ2v) is 11.0. The highest BCUT2D eigenvalue weighted by Gasteiger charge is 2.63. The number of hydrogen-bond acceptors (Lipinski definition) is 5. The number of nitrogens with zero attached hydrogens (tertiary/aromatic N) is 2. The number of fused-ring (bicyclic) bond motifs is 4. The molecule has 3 amide bonds. The van der Waals surface area contributed by atoms with Gasteiger partial charge in [0.25, 0.3) is 11.8 Å². The second kappa shape index (κ2) is 9.12. The average Bonchev–Trinajstić information content (AvgIpc) is 3.66. The van der Waals surface area contributed by atoms with Crippen molar-refractivity contribution in [3.05, 3.63) is 59.7 Å². The molecule has 8 nitrogen and oxygen atoms in total. The van der Waals surface area contributed by atoms with Gasteiger partial charge in [0.1, 0.15) is 12.1 Å². The lowest BCUT2D eigenvalue weighted by Crippen LogP contribution is -2.55. The summed E-state index contributed by atoms with van der Waals surface area (Å²) in [7, 11) is 0. The highest BCUT2D eigenvalue weighted by molar-refractivity contribution is 6.01. The first-order valence-electron chi connectivity index (χ1n) is 13.2. The molecule has 0 aromatic heterocycles. The Morgan fingerprint density at radius 3 is 2.36 bits per heavy atom. The van der Waals surface area contributed by atoms with E-state index in [2.05, 4.69) is 10.6 Å². The summed E-state index contributed by atoms with van der Waals surface area (Å²) in [6.45, 7) is 0.102. The van der Waals surface area contributed by atoms with Crippen LogP contribution in [0.25, 0.3) is 11.1 Å². The number of carbonyl (C=O) groups excluding carboxylic acids is 3. The zero-order valence-corrected chi connectivity index (χ0v) is 21.1. The van der Waals surface area contributed by atoms with Crippen LogP contribution in [0.2, 0.25) is 0 Å². The minimum absolute atomic E-state index is 0.0351. The molecule has 1 saturated carbocycles. The summed E-state index contributed by atoms with van der Waals surface area (Å²) in [6, 6.07) is 13.5. The lowest BCUT2D eigenvalue weighted by atomic mass is 9.88. The van der Waals surface area contributed by atoms with Gasteiger partial charge in [0, 0.05) is 42.5 Å². The minimum Gasteiger partial charge on any atom is -0.372 e. The molecule has 0 unspecified atom stereocenters. The van der Waals surface area contributed by atoms with Crippen LogP contribution < -0.4 is 10.6 Å². The van der Waals surface area contributed by atoms with E-state index in [0.29, 0.717) is 35.2 Å². The lowest BCUT2D eigenvalue weighted by Gasteiger charge is -2.34. The number of nitriles is 1. The molecule has 2 aliphatic heterocycles. The molecule has 0 bridgehead atoms. The summed E-state index contributed by atoms with van der Waals surface area (Å²) in [5, 5.41) is 27.1. The molecule has 202 valence electrons. The summed E-state index contributed by atoms with van der Waals surface area (Å²) >= 11 is 0. The van der Waals surface area contributed by atoms with Crippen LogP contribution in [0.4, 0.5) is 8.78 Å². The van der Waals surface area contributed by atoms with Crippen LogP contribution in [0.3, 0.4) is 0 Å². The van der Waals surface area contributed by atoms with E-state index in [0.717, 1.165) is 4.90 Å². The maximum absolute atomic E-state index is 14.9. The van der Waals surface area contributed by atoms with E-state index in [-0.39, 0.29) is 25.3 Å². The standard InChI is InChI=1S/C29H28F2N4O4/c30-28(31)11-9-20-23(28)15-35(24(20)26(37)34-17(14-32)13-16-10-12-33-25(16)36)27(38)29(39)21-7-3-1-5-18(21)19-6-2-4-8-22(19)29/h1-8,16-17,20,23-24,39H,9-13,15H2,(H,33,36)(H,34,37)/t16-,17-,20-,23-,24+/m0/s1. The summed E-state index contributed by atoms with van der Waals surface area (Å²) in [6.07, 6.45) is 0.259. The molecule has 2 saturated heterocycles. The van der Waals surface area contributed by atoms with E-state index in [1.165, 1.54) is 0 Å². The first-order chi connectivity index (χ1) is 18.7. The van der Waals surface area contributed by atoms with E-state index in [9.17, 15) is 33.5 Å². The van der Waals surface area contributed by atoms with Crippen molar-refractivity contribution in [2.24, 2.45) is 17.8 Å². The van der Waals surface area contributed by atoms with Crippen LogP contribution in [-0.4, -0.2) is 58.8 Å². The summed E-state index contributed by atoms with van der Waals surface area (Å²) in [5.41, 5.74) is -0.165. The first kappa shape index (κ1) is 25.4. The minimum atomic E-state index is -3.07. The molecule has 5 atom stereocenters.